The normalized spacial score (nSPS) is 10.9. The molecule has 6 nitrogen and oxygen atoms in total. The standard InChI is InChI=1S/C20H29N5OS.HI/c1-5-21-20(22-12-18-15(3)24-16(4)27-18)23-13-19(26)25(6-2)14-17-10-8-7-9-11-17;/h7-11H,5-6,12-14H2,1-4H3,(H2,21,22,23);1H. The van der Waals surface area contributed by atoms with Crippen LogP contribution in [-0.4, -0.2) is 41.4 Å². The molecule has 1 heterocycles. The van der Waals surface area contributed by atoms with Crippen LogP contribution in [0.1, 0.15) is 35.0 Å². The third-order valence-electron chi connectivity index (χ3n) is 4.08. The van der Waals surface area contributed by atoms with Crippen LogP contribution in [0.3, 0.4) is 0 Å². The lowest BCUT2D eigenvalue weighted by Gasteiger charge is -2.20. The van der Waals surface area contributed by atoms with Gasteiger partial charge in [-0.3, -0.25) is 4.79 Å². The second-order valence-corrected chi connectivity index (χ2v) is 7.47. The van der Waals surface area contributed by atoms with E-state index >= 15 is 0 Å². The highest BCUT2D eigenvalue weighted by molar-refractivity contribution is 14.0. The number of nitrogens with one attached hydrogen (secondary N) is 2. The van der Waals surface area contributed by atoms with Gasteiger partial charge in [0.05, 0.1) is 17.2 Å². The second kappa shape index (κ2) is 12.7. The number of carbonyl (C=O) groups excluding carboxylic acids is 1. The van der Waals surface area contributed by atoms with Gasteiger partial charge in [-0.05, 0) is 33.3 Å². The van der Waals surface area contributed by atoms with Gasteiger partial charge in [-0.2, -0.15) is 0 Å². The molecule has 0 saturated carbocycles. The fourth-order valence-electron chi connectivity index (χ4n) is 2.67. The van der Waals surface area contributed by atoms with Crippen molar-refractivity contribution in [2.24, 2.45) is 4.99 Å². The van der Waals surface area contributed by atoms with Gasteiger partial charge in [-0.1, -0.05) is 30.3 Å². The molecule has 0 saturated heterocycles. The Morgan fingerprint density at radius 1 is 1.18 bits per heavy atom. The number of likely N-dealkylation sites (N-methyl/N-ethyl adjacent to an activating group) is 1. The molecule has 1 aromatic carbocycles. The predicted molar refractivity (Wildman–Crippen MR) is 127 cm³/mol. The zero-order valence-electron chi connectivity index (χ0n) is 17.0. The summed E-state index contributed by atoms with van der Waals surface area (Å²) in [5.41, 5.74) is 2.16. The number of halogens is 1. The number of amides is 1. The number of carbonyl (C=O) groups is 1. The highest BCUT2D eigenvalue weighted by Gasteiger charge is 2.12. The SMILES string of the molecule is CCNC(=NCC(=O)N(CC)Cc1ccccc1)NCc1sc(C)nc1C.I. The summed E-state index contributed by atoms with van der Waals surface area (Å²) in [5, 5.41) is 7.54. The lowest BCUT2D eigenvalue weighted by Crippen LogP contribution is -2.38. The first-order chi connectivity index (χ1) is 13.0. The average Bonchev–Trinajstić information content (AvgIpc) is 2.99. The van der Waals surface area contributed by atoms with Crippen molar-refractivity contribution in [2.75, 3.05) is 19.6 Å². The van der Waals surface area contributed by atoms with E-state index in [-0.39, 0.29) is 36.4 Å². The summed E-state index contributed by atoms with van der Waals surface area (Å²) in [6.45, 7) is 10.8. The molecule has 8 heteroatoms. The van der Waals surface area contributed by atoms with Crippen molar-refractivity contribution in [3.63, 3.8) is 0 Å². The Labute approximate surface area is 188 Å². The molecule has 0 spiro atoms. The zero-order chi connectivity index (χ0) is 19.6. The van der Waals surface area contributed by atoms with Gasteiger partial charge >= 0.3 is 0 Å². The van der Waals surface area contributed by atoms with Crippen LogP contribution >= 0.6 is 35.3 Å². The molecule has 0 unspecified atom stereocenters. The molecule has 1 amide bonds. The molecule has 0 radical (unpaired) electrons. The second-order valence-electron chi connectivity index (χ2n) is 6.18. The molecule has 0 aliphatic carbocycles. The maximum atomic E-state index is 12.6. The molecular formula is C20H30IN5OS. The van der Waals surface area contributed by atoms with Crippen molar-refractivity contribution in [3.8, 4) is 0 Å². The summed E-state index contributed by atoms with van der Waals surface area (Å²) >= 11 is 1.68. The minimum atomic E-state index is 0. The summed E-state index contributed by atoms with van der Waals surface area (Å²) in [5.74, 6) is 0.662. The summed E-state index contributed by atoms with van der Waals surface area (Å²) in [7, 11) is 0. The Bertz CT molecular complexity index is 763. The number of hydrogen-bond donors (Lipinski definition) is 2. The predicted octanol–water partition coefficient (Wildman–Crippen LogP) is 3.48. The van der Waals surface area contributed by atoms with Crippen molar-refractivity contribution in [1.29, 1.82) is 0 Å². The molecule has 2 rings (SSSR count). The Morgan fingerprint density at radius 3 is 2.46 bits per heavy atom. The number of aromatic nitrogens is 1. The molecule has 154 valence electrons. The smallest absolute Gasteiger partial charge is 0.244 e. The Balaban J connectivity index is 0.00000392. The Morgan fingerprint density at radius 2 is 1.89 bits per heavy atom. The van der Waals surface area contributed by atoms with Gasteiger partial charge in [0.2, 0.25) is 5.91 Å². The van der Waals surface area contributed by atoms with E-state index in [0.29, 0.717) is 25.6 Å². The maximum absolute atomic E-state index is 12.6. The summed E-state index contributed by atoms with van der Waals surface area (Å²) in [4.78, 5) is 24.5. The van der Waals surface area contributed by atoms with Crippen LogP contribution in [0.2, 0.25) is 0 Å². The van der Waals surface area contributed by atoms with Crippen molar-refractivity contribution in [1.82, 2.24) is 20.5 Å². The van der Waals surface area contributed by atoms with Gasteiger partial charge in [0, 0.05) is 24.5 Å². The van der Waals surface area contributed by atoms with E-state index in [4.69, 9.17) is 0 Å². The molecule has 0 bridgehead atoms. The molecule has 28 heavy (non-hydrogen) atoms. The van der Waals surface area contributed by atoms with Crippen molar-refractivity contribution < 1.29 is 4.79 Å². The van der Waals surface area contributed by atoms with Crippen molar-refractivity contribution >= 4 is 47.2 Å². The monoisotopic (exact) mass is 515 g/mol. The number of thiazole rings is 1. The highest BCUT2D eigenvalue weighted by Crippen LogP contribution is 2.16. The van der Waals surface area contributed by atoms with Crippen LogP contribution in [-0.2, 0) is 17.9 Å². The number of nitrogens with zero attached hydrogens (tertiary/aromatic N) is 3. The van der Waals surface area contributed by atoms with Crippen LogP contribution in [0, 0.1) is 13.8 Å². The van der Waals surface area contributed by atoms with Crippen LogP contribution in [0.4, 0.5) is 0 Å². The molecular weight excluding hydrogens is 485 g/mol. The number of aryl methyl sites for hydroxylation is 2. The molecule has 1 aromatic heterocycles. The minimum absolute atomic E-state index is 0. The van der Waals surface area contributed by atoms with Gasteiger partial charge in [0.1, 0.15) is 6.54 Å². The molecule has 0 fully saturated rings. The zero-order valence-corrected chi connectivity index (χ0v) is 20.1. The van der Waals surface area contributed by atoms with Gasteiger partial charge in [-0.15, -0.1) is 35.3 Å². The average molecular weight is 515 g/mol. The molecule has 2 N–H and O–H groups in total. The van der Waals surface area contributed by atoms with E-state index < -0.39 is 0 Å². The number of benzene rings is 1. The largest absolute Gasteiger partial charge is 0.357 e. The number of rotatable bonds is 8. The third kappa shape index (κ3) is 7.75. The topological polar surface area (TPSA) is 69.6 Å². The third-order valence-corrected chi connectivity index (χ3v) is 5.16. The highest BCUT2D eigenvalue weighted by atomic mass is 127. The maximum Gasteiger partial charge on any atom is 0.244 e. The van der Waals surface area contributed by atoms with Crippen molar-refractivity contribution in [2.45, 2.75) is 40.8 Å². The lowest BCUT2D eigenvalue weighted by atomic mass is 10.2. The molecule has 0 aliphatic heterocycles. The van der Waals surface area contributed by atoms with E-state index in [2.05, 4.69) is 20.6 Å². The quantitative estimate of drug-likeness (QED) is 0.321. The van der Waals surface area contributed by atoms with E-state index in [1.165, 1.54) is 4.88 Å². The van der Waals surface area contributed by atoms with E-state index in [1.54, 1.807) is 11.3 Å². The molecule has 2 aromatic rings. The van der Waals surface area contributed by atoms with E-state index in [1.807, 2.05) is 62.9 Å². The number of aliphatic imine (C=N–C) groups is 1. The van der Waals surface area contributed by atoms with Crippen LogP contribution in [0.5, 0.6) is 0 Å². The summed E-state index contributed by atoms with van der Waals surface area (Å²) in [6.07, 6.45) is 0. The summed E-state index contributed by atoms with van der Waals surface area (Å²) in [6, 6.07) is 10.0. The Kier molecular flexibility index (Phi) is 11.1. The first-order valence-corrected chi connectivity index (χ1v) is 10.1. The van der Waals surface area contributed by atoms with Crippen LogP contribution in [0.15, 0.2) is 35.3 Å². The molecule has 0 atom stereocenters. The van der Waals surface area contributed by atoms with Crippen molar-refractivity contribution in [3.05, 3.63) is 51.5 Å². The fourth-order valence-corrected chi connectivity index (χ4v) is 3.55. The van der Waals surface area contributed by atoms with E-state index in [0.717, 1.165) is 22.8 Å². The number of guanidine groups is 1. The first kappa shape index (κ1) is 24.4. The van der Waals surface area contributed by atoms with Crippen LogP contribution in [0.25, 0.3) is 0 Å². The summed E-state index contributed by atoms with van der Waals surface area (Å²) < 4.78 is 0. The first-order valence-electron chi connectivity index (χ1n) is 9.30. The van der Waals surface area contributed by atoms with Gasteiger partial charge < -0.3 is 15.5 Å². The lowest BCUT2D eigenvalue weighted by molar-refractivity contribution is -0.130. The van der Waals surface area contributed by atoms with Gasteiger partial charge in [-0.25, -0.2) is 9.98 Å². The van der Waals surface area contributed by atoms with E-state index in [9.17, 15) is 4.79 Å². The minimum Gasteiger partial charge on any atom is -0.357 e. The fraction of sp³-hybridized carbons (Fsp3) is 0.450. The van der Waals surface area contributed by atoms with Gasteiger partial charge in [0.25, 0.3) is 0 Å². The Hall–Kier alpha value is -1.68. The number of hydrogen-bond acceptors (Lipinski definition) is 4. The molecule has 0 aliphatic rings. The van der Waals surface area contributed by atoms with Gasteiger partial charge in [0.15, 0.2) is 5.96 Å². The van der Waals surface area contributed by atoms with Crippen LogP contribution < -0.4 is 10.6 Å².